The molecule has 88 valence electrons. The van der Waals surface area contributed by atoms with Gasteiger partial charge in [0.15, 0.2) is 0 Å². The van der Waals surface area contributed by atoms with E-state index in [-0.39, 0.29) is 0 Å². The van der Waals surface area contributed by atoms with Crippen molar-refractivity contribution >= 4 is 0 Å². The van der Waals surface area contributed by atoms with Gasteiger partial charge in [0.05, 0.1) is 0 Å². The molecule has 1 aliphatic rings. The van der Waals surface area contributed by atoms with Crippen molar-refractivity contribution in [3.8, 4) is 0 Å². The Bertz CT molecular complexity index is 317. The molecule has 0 aliphatic carbocycles. The topological polar surface area (TPSA) is 12.0 Å². The maximum Gasteiger partial charge on any atom is -0.00204 e. The zero-order valence-corrected chi connectivity index (χ0v) is 10.6. The zero-order chi connectivity index (χ0) is 11.4. The van der Waals surface area contributed by atoms with Crippen LogP contribution < -0.4 is 5.32 Å². The highest BCUT2D eigenvalue weighted by Gasteiger charge is 2.13. The molecule has 2 rings (SSSR count). The van der Waals surface area contributed by atoms with E-state index in [2.05, 4.69) is 37.4 Å². The second-order valence-electron chi connectivity index (χ2n) is 5.12. The molecule has 1 heterocycles. The monoisotopic (exact) mass is 217 g/mol. The molecule has 0 aromatic heterocycles. The molecule has 1 fully saturated rings. The first-order valence-electron chi connectivity index (χ1n) is 6.53. The third-order valence-corrected chi connectivity index (χ3v) is 3.85. The number of rotatable bonds is 3. The van der Waals surface area contributed by atoms with Crippen LogP contribution in [0.5, 0.6) is 0 Å². The number of piperidine rings is 1. The molecule has 1 heteroatoms. The fraction of sp³-hybridized carbons (Fsp3) is 0.600. The van der Waals surface area contributed by atoms with Gasteiger partial charge in [0.2, 0.25) is 0 Å². The van der Waals surface area contributed by atoms with Crippen LogP contribution in [0.25, 0.3) is 0 Å². The van der Waals surface area contributed by atoms with Crippen molar-refractivity contribution in [1.82, 2.24) is 5.32 Å². The molecule has 16 heavy (non-hydrogen) atoms. The van der Waals surface area contributed by atoms with Crippen LogP contribution in [0.1, 0.15) is 36.0 Å². The molecule has 1 atom stereocenters. The van der Waals surface area contributed by atoms with Gasteiger partial charge >= 0.3 is 0 Å². The summed E-state index contributed by atoms with van der Waals surface area (Å²) < 4.78 is 0. The Morgan fingerprint density at radius 3 is 2.62 bits per heavy atom. The minimum absolute atomic E-state index is 0.896. The number of hydrogen-bond acceptors (Lipinski definition) is 1. The Morgan fingerprint density at radius 1 is 1.25 bits per heavy atom. The number of aryl methyl sites for hydroxylation is 2. The summed E-state index contributed by atoms with van der Waals surface area (Å²) in [5.41, 5.74) is 4.50. The van der Waals surface area contributed by atoms with Gasteiger partial charge in [0, 0.05) is 0 Å². The van der Waals surface area contributed by atoms with E-state index in [0.29, 0.717) is 0 Å². The molecular formula is C15H23N. The molecule has 1 aliphatic heterocycles. The standard InChI is InChI=1S/C15H23N/c1-12-5-3-6-13(2)15(12)9-8-14-7-4-10-16-11-14/h3,5-6,14,16H,4,7-11H2,1-2H3. The van der Waals surface area contributed by atoms with Gasteiger partial charge in [-0.25, -0.2) is 0 Å². The summed E-state index contributed by atoms with van der Waals surface area (Å²) in [6.45, 7) is 6.92. The van der Waals surface area contributed by atoms with Crippen molar-refractivity contribution in [2.45, 2.75) is 39.5 Å². The normalized spacial score (nSPS) is 21.0. The summed E-state index contributed by atoms with van der Waals surface area (Å²) in [6, 6.07) is 6.64. The van der Waals surface area contributed by atoms with Crippen molar-refractivity contribution in [2.24, 2.45) is 5.92 Å². The fourth-order valence-electron chi connectivity index (χ4n) is 2.76. The maximum atomic E-state index is 3.50. The quantitative estimate of drug-likeness (QED) is 0.819. The summed E-state index contributed by atoms with van der Waals surface area (Å²) in [7, 11) is 0. The second kappa shape index (κ2) is 5.49. The molecule has 0 spiro atoms. The van der Waals surface area contributed by atoms with E-state index in [1.165, 1.54) is 49.9 Å². The summed E-state index contributed by atoms with van der Waals surface area (Å²) in [6.07, 6.45) is 5.37. The van der Waals surface area contributed by atoms with Crippen LogP contribution in [0, 0.1) is 19.8 Å². The highest BCUT2D eigenvalue weighted by atomic mass is 14.9. The first kappa shape index (κ1) is 11.7. The smallest absolute Gasteiger partial charge is 0.00204 e. The predicted molar refractivity (Wildman–Crippen MR) is 69.8 cm³/mol. The average Bonchev–Trinajstić information content (AvgIpc) is 2.30. The van der Waals surface area contributed by atoms with Crippen LogP contribution in [-0.4, -0.2) is 13.1 Å². The zero-order valence-electron chi connectivity index (χ0n) is 10.6. The van der Waals surface area contributed by atoms with Crippen molar-refractivity contribution in [3.05, 3.63) is 34.9 Å². The Hall–Kier alpha value is -0.820. The third-order valence-electron chi connectivity index (χ3n) is 3.85. The van der Waals surface area contributed by atoms with Crippen molar-refractivity contribution in [1.29, 1.82) is 0 Å². The van der Waals surface area contributed by atoms with Crippen molar-refractivity contribution < 1.29 is 0 Å². The summed E-state index contributed by atoms with van der Waals surface area (Å²) in [5, 5.41) is 3.50. The molecule has 0 amide bonds. The van der Waals surface area contributed by atoms with Gasteiger partial charge in [-0.2, -0.15) is 0 Å². The van der Waals surface area contributed by atoms with Crippen LogP contribution in [-0.2, 0) is 6.42 Å². The highest BCUT2D eigenvalue weighted by molar-refractivity contribution is 5.33. The second-order valence-corrected chi connectivity index (χ2v) is 5.12. The number of hydrogen-bond donors (Lipinski definition) is 1. The predicted octanol–water partition coefficient (Wildman–Crippen LogP) is 3.24. The van der Waals surface area contributed by atoms with Crippen LogP contribution in [0.3, 0.4) is 0 Å². The van der Waals surface area contributed by atoms with Crippen LogP contribution in [0.4, 0.5) is 0 Å². The minimum Gasteiger partial charge on any atom is -0.316 e. The lowest BCUT2D eigenvalue weighted by molar-refractivity contribution is 0.358. The van der Waals surface area contributed by atoms with Crippen LogP contribution in [0.2, 0.25) is 0 Å². The number of benzene rings is 1. The summed E-state index contributed by atoms with van der Waals surface area (Å²) >= 11 is 0. The van der Waals surface area contributed by atoms with Gasteiger partial charge in [0.1, 0.15) is 0 Å². The van der Waals surface area contributed by atoms with Crippen LogP contribution >= 0.6 is 0 Å². The SMILES string of the molecule is Cc1cccc(C)c1CCC1CCCNC1. The van der Waals surface area contributed by atoms with E-state index >= 15 is 0 Å². The summed E-state index contributed by atoms with van der Waals surface area (Å²) in [5.74, 6) is 0.896. The Kier molecular flexibility index (Phi) is 4.00. The largest absolute Gasteiger partial charge is 0.316 e. The van der Waals surface area contributed by atoms with Gasteiger partial charge < -0.3 is 5.32 Å². The Morgan fingerprint density at radius 2 is 2.00 bits per heavy atom. The first-order valence-corrected chi connectivity index (χ1v) is 6.53. The number of nitrogens with one attached hydrogen (secondary N) is 1. The Labute approximate surface area is 99.3 Å². The van der Waals surface area contributed by atoms with E-state index < -0.39 is 0 Å². The Balaban J connectivity index is 1.93. The molecule has 1 aromatic rings. The van der Waals surface area contributed by atoms with Gasteiger partial charge in [0.25, 0.3) is 0 Å². The van der Waals surface area contributed by atoms with Gasteiger partial charge in [-0.15, -0.1) is 0 Å². The highest BCUT2D eigenvalue weighted by Crippen LogP contribution is 2.21. The van der Waals surface area contributed by atoms with Crippen LogP contribution in [0.15, 0.2) is 18.2 Å². The molecule has 0 saturated carbocycles. The first-order chi connectivity index (χ1) is 7.77. The molecule has 1 nitrogen and oxygen atoms in total. The molecule has 0 bridgehead atoms. The molecule has 1 N–H and O–H groups in total. The van der Waals surface area contributed by atoms with Crippen molar-refractivity contribution in [3.63, 3.8) is 0 Å². The lowest BCUT2D eigenvalue weighted by atomic mass is 9.90. The van der Waals surface area contributed by atoms with E-state index in [0.717, 1.165) is 5.92 Å². The molecule has 0 radical (unpaired) electrons. The van der Waals surface area contributed by atoms with E-state index in [1.54, 1.807) is 5.56 Å². The molecular weight excluding hydrogens is 194 g/mol. The minimum atomic E-state index is 0.896. The molecule has 1 aromatic carbocycles. The maximum absolute atomic E-state index is 3.50. The fourth-order valence-corrected chi connectivity index (χ4v) is 2.76. The lowest BCUT2D eigenvalue weighted by Gasteiger charge is -2.23. The molecule has 1 saturated heterocycles. The van der Waals surface area contributed by atoms with E-state index in [4.69, 9.17) is 0 Å². The summed E-state index contributed by atoms with van der Waals surface area (Å²) in [4.78, 5) is 0. The van der Waals surface area contributed by atoms with E-state index in [9.17, 15) is 0 Å². The van der Waals surface area contributed by atoms with Gasteiger partial charge in [-0.1, -0.05) is 18.2 Å². The van der Waals surface area contributed by atoms with E-state index in [1.807, 2.05) is 0 Å². The average molecular weight is 217 g/mol. The molecule has 1 unspecified atom stereocenters. The van der Waals surface area contributed by atoms with Gasteiger partial charge in [-0.05, 0) is 75.2 Å². The third kappa shape index (κ3) is 2.85. The van der Waals surface area contributed by atoms with Crippen molar-refractivity contribution in [2.75, 3.05) is 13.1 Å². The van der Waals surface area contributed by atoms with Gasteiger partial charge in [-0.3, -0.25) is 0 Å². The lowest BCUT2D eigenvalue weighted by Crippen LogP contribution is -2.30.